The van der Waals surface area contributed by atoms with Gasteiger partial charge in [-0.1, -0.05) is 0 Å². The molecule has 0 radical (unpaired) electrons. The van der Waals surface area contributed by atoms with Crippen molar-refractivity contribution in [1.82, 2.24) is 9.47 Å². The summed E-state index contributed by atoms with van der Waals surface area (Å²) in [5.41, 5.74) is 0.181. The summed E-state index contributed by atoms with van der Waals surface area (Å²) in [4.78, 5) is 25.9. The van der Waals surface area contributed by atoms with Crippen LogP contribution in [0, 0.1) is 0 Å². The Kier molecular flexibility index (Phi) is 3.13. The van der Waals surface area contributed by atoms with E-state index in [9.17, 15) is 13.8 Å². The average molecular weight is 345 g/mol. The Hall–Kier alpha value is -0.950. The minimum Gasteiger partial charge on any atom is -0.333 e. The SMILES string of the molecule is Cn1cc(Br)c(C(=O)N2C[C@@H]3C[C@H]2CS3=O)cc1=O. The highest BCUT2D eigenvalue weighted by atomic mass is 79.9. The number of aryl methyl sites for hydroxylation is 1. The number of carbonyl (C=O) groups excluding carboxylic acids is 1. The Labute approximate surface area is 121 Å². The number of amides is 1. The van der Waals surface area contributed by atoms with Gasteiger partial charge < -0.3 is 9.47 Å². The van der Waals surface area contributed by atoms with E-state index >= 15 is 0 Å². The van der Waals surface area contributed by atoms with E-state index in [4.69, 9.17) is 0 Å². The van der Waals surface area contributed by atoms with Crippen molar-refractivity contribution in [3.63, 3.8) is 0 Å². The Bertz CT molecular complexity index is 642. The highest BCUT2D eigenvalue weighted by Gasteiger charge is 2.45. The fourth-order valence-electron chi connectivity index (χ4n) is 2.71. The largest absolute Gasteiger partial charge is 0.333 e. The lowest BCUT2D eigenvalue weighted by Gasteiger charge is -2.27. The number of aromatic nitrogens is 1. The maximum atomic E-state index is 12.5. The van der Waals surface area contributed by atoms with Crippen molar-refractivity contribution < 1.29 is 9.00 Å². The molecular weight excluding hydrogens is 332 g/mol. The van der Waals surface area contributed by atoms with Gasteiger partial charge in [0.15, 0.2) is 0 Å². The first-order chi connectivity index (χ1) is 8.97. The predicted octanol–water partition coefficient (Wildman–Crippen LogP) is 0.493. The summed E-state index contributed by atoms with van der Waals surface area (Å²) >= 11 is 3.33. The van der Waals surface area contributed by atoms with Crippen LogP contribution >= 0.6 is 15.9 Å². The van der Waals surface area contributed by atoms with Crippen molar-refractivity contribution in [2.24, 2.45) is 7.05 Å². The van der Waals surface area contributed by atoms with E-state index < -0.39 is 10.8 Å². The van der Waals surface area contributed by atoms with Crippen LogP contribution in [0.25, 0.3) is 0 Å². The van der Waals surface area contributed by atoms with Crippen molar-refractivity contribution in [1.29, 1.82) is 0 Å². The van der Waals surface area contributed by atoms with Crippen LogP contribution in [0.5, 0.6) is 0 Å². The molecule has 3 heterocycles. The molecule has 2 aliphatic heterocycles. The van der Waals surface area contributed by atoms with Crippen molar-refractivity contribution in [3.05, 3.63) is 32.7 Å². The topological polar surface area (TPSA) is 59.4 Å². The maximum absolute atomic E-state index is 12.5. The van der Waals surface area contributed by atoms with Crippen LogP contribution in [0.3, 0.4) is 0 Å². The molecule has 0 saturated carbocycles. The molecule has 102 valence electrons. The highest BCUT2D eigenvalue weighted by molar-refractivity contribution is 9.10. The number of fused-ring (bicyclic) bond motifs is 2. The number of carbonyl (C=O) groups is 1. The Morgan fingerprint density at radius 2 is 2.26 bits per heavy atom. The molecule has 1 unspecified atom stereocenters. The smallest absolute Gasteiger partial charge is 0.255 e. The molecule has 2 saturated heterocycles. The van der Waals surface area contributed by atoms with Gasteiger partial charge in [0.05, 0.1) is 10.8 Å². The molecule has 3 atom stereocenters. The van der Waals surface area contributed by atoms with Gasteiger partial charge in [0.2, 0.25) is 0 Å². The number of likely N-dealkylation sites (tertiary alicyclic amines) is 1. The quantitative estimate of drug-likeness (QED) is 0.745. The summed E-state index contributed by atoms with van der Waals surface area (Å²) in [5, 5.41) is 0.110. The molecule has 0 spiro atoms. The first kappa shape index (κ1) is 13.1. The predicted molar refractivity (Wildman–Crippen MR) is 75.6 cm³/mol. The molecule has 5 nitrogen and oxygen atoms in total. The van der Waals surface area contributed by atoms with Crippen LogP contribution in [0.15, 0.2) is 21.5 Å². The van der Waals surface area contributed by atoms with Gasteiger partial charge in [-0.3, -0.25) is 13.8 Å². The lowest BCUT2D eigenvalue weighted by Crippen LogP contribution is -2.42. The van der Waals surface area contributed by atoms with Gasteiger partial charge in [-0.2, -0.15) is 0 Å². The van der Waals surface area contributed by atoms with Gasteiger partial charge in [0.25, 0.3) is 11.5 Å². The maximum Gasteiger partial charge on any atom is 0.255 e. The highest BCUT2D eigenvalue weighted by Crippen LogP contribution is 2.32. The lowest BCUT2D eigenvalue weighted by molar-refractivity contribution is 0.0745. The molecule has 1 amide bonds. The second-order valence-electron chi connectivity index (χ2n) is 5.00. The van der Waals surface area contributed by atoms with Crippen molar-refractivity contribution in [2.75, 3.05) is 12.3 Å². The number of pyridine rings is 1. The third-order valence-corrected chi connectivity index (χ3v) is 6.21. The van der Waals surface area contributed by atoms with Crippen molar-refractivity contribution in [3.8, 4) is 0 Å². The zero-order valence-electron chi connectivity index (χ0n) is 10.3. The van der Waals surface area contributed by atoms with Crippen LogP contribution in [-0.4, -0.2) is 43.2 Å². The van der Waals surface area contributed by atoms with Crippen LogP contribution in [0.4, 0.5) is 0 Å². The van der Waals surface area contributed by atoms with Crippen molar-refractivity contribution in [2.45, 2.75) is 17.7 Å². The minimum atomic E-state index is -0.789. The van der Waals surface area contributed by atoms with Gasteiger partial charge in [0, 0.05) is 52.9 Å². The Balaban J connectivity index is 1.92. The number of nitrogens with zero attached hydrogens (tertiary/aromatic N) is 2. The van der Waals surface area contributed by atoms with Gasteiger partial charge in [-0.15, -0.1) is 0 Å². The molecule has 7 heteroatoms. The van der Waals surface area contributed by atoms with Gasteiger partial charge in [-0.05, 0) is 22.4 Å². The van der Waals surface area contributed by atoms with Crippen LogP contribution in [0.2, 0.25) is 0 Å². The summed E-state index contributed by atoms with van der Waals surface area (Å²) in [5.74, 6) is 0.424. The average Bonchev–Trinajstić information content (AvgIpc) is 2.91. The van der Waals surface area contributed by atoms with E-state index in [0.717, 1.165) is 6.42 Å². The molecule has 0 N–H and O–H groups in total. The Morgan fingerprint density at radius 3 is 2.84 bits per heavy atom. The van der Waals surface area contributed by atoms with Gasteiger partial charge in [0.1, 0.15) is 0 Å². The molecule has 0 aliphatic carbocycles. The zero-order chi connectivity index (χ0) is 13.7. The second kappa shape index (κ2) is 4.56. The number of rotatable bonds is 1. The summed E-state index contributed by atoms with van der Waals surface area (Å²) < 4.78 is 13.7. The van der Waals surface area contributed by atoms with E-state index in [1.165, 1.54) is 10.6 Å². The molecule has 1 aromatic heterocycles. The van der Waals surface area contributed by atoms with Gasteiger partial charge in [-0.25, -0.2) is 0 Å². The standard InChI is InChI=1S/C12H13BrN2O3S/c1-14-5-10(13)9(3-11(14)16)12(17)15-4-8-2-7(15)6-19(8)18/h3,5,7-8H,2,4,6H2,1H3/t7-,8-,19?/m0/s1. The molecule has 2 aliphatic rings. The Morgan fingerprint density at radius 1 is 1.53 bits per heavy atom. The van der Waals surface area contributed by atoms with Gasteiger partial charge >= 0.3 is 0 Å². The molecule has 0 aromatic carbocycles. The third kappa shape index (κ3) is 2.08. The summed E-state index contributed by atoms with van der Waals surface area (Å²) in [6.45, 7) is 0.539. The molecule has 2 bridgehead atoms. The monoisotopic (exact) mass is 344 g/mol. The number of halogens is 1. The molecule has 2 fully saturated rings. The van der Waals surface area contributed by atoms with E-state index in [2.05, 4.69) is 15.9 Å². The third-order valence-electron chi connectivity index (χ3n) is 3.78. The van der Waals surface area contributed by atoms with Crippen molar-refractivity contribution >= 4 is 32.6 Å². The molecule has 1 aromatic rings. The zero-order valence-corrected chi connectivity index (χ0v) is 12.7. The molecule has 19 heavy (non-hydrogen) atoms. The molecule has 3 rings (SSSR count). The lowest BCUT2D eigenvalue weighted by atomic mass is 10.2. The minimum absolute atomic E-state index is 0.0642. The van der Waals surface area contributed by atoms with E-state index in [1.54, 1.807) is 18.1 Å². The van der Waals surface area contributed by atoms with Crippen LogP contribution < -0.4 is 5.56 Å². The summed E-state index contributed by atoms with van der Waals surface area (Å²) in [7, 11) is 0.852. The normalized spacial score (nSPS) is 28.9. The van der Waals surface area contributed by atoms with Crippen LogP contribution in [0.1, 0.15) is 16.8 Å². The first-order valence-electron chi connectivity index (χ1n) is 6.01. The number of hydrogen-bond acceptors (Lipinski definition) is 3. The van der Waals surface area contributed by atoms with Crippen LogP contribution in [-0.2, 0) is 17.8 Å². The second-order valence-corrected chi connectivity index (χ2v) is 7.62. The first-order valence-corrected chi connectivity index (χ1v) is 8.19. The fourth-order valence-corrected chi connectivity index (χ4v) is 5.03. The van der Waals surface area contributed by atoms with E-state index in [-0.39, 0.29) is 22.8 Å². The molecular formula is C12H13BrN2O3S. The van der Waals surface area contributed by atoms with E-state index in [0.29, 0.717) is 22.3 Å². The fraction of sp³-hybridized carbons (Fsp3) is 0.500. The number of hydrogen-bond donors (Lipinski definition) is 0. The summed E-state index contributed by atoms with van der Waals surface area (Å²) in [6.07, 6.45) is 2.42. The van der Waals surface area contributed by atoms with E-state index in [1.807, 2.05) is 0 Å². The summed E-state index contributed by atoms with van der Waals surface area (Å²) in [6, 6.07) is 1.42.